The maximum Gasteiger partial charge on any atom is 0.373 e. The molecule has 4 nitrogen and oxygen atoms in total. The maximum atomic E-state index is 10.8. The molecule has 5 heteroatoms. The van der Waals surface area contributed by atoms with E-state index in [1.807, 2.05) is 11.8 Å². The average Bonchev–Trinajstić information content (AvgIpc) is 2.72. The Kier molecular flexibility index (Phi) is 2.50. The molecule has 2 rings (SSSR count). The van der Waals surface area contributed by atoms with Crippen LogP contribution in [-0.4, -0.2) is 27.6 Å². The van der Waals surface area contributed by atoms with E-state index in [-0.39, 0.29) is 11.2 Å². The molecule has 1 fully saturated rings. The first-order chi connectivity index (χ1) is 7.03. The fourth-order valence-electron chi connectivity index (χ4n) is 1.69. The lowest BCUT2D eigenvalue weighted by atomic mass is 9.90. The van der Waals surface area contributed by atoms with Crippen molar-refractivity contribution in [2.75, 3.05) is 11.5 Å². The van der Waals surface area contributed by atoms with Gasteiger partial charge in [0, 0.05) is 5.75 Å². The van der Waals surface area contributed by atoms with Crippen LogP contribution in [0.3, 0.4) is 0 Å². The predicted molar refractivity (Wildman–Crippen MR) is 57.5 cm³/mol. The molecule has 1 N–H and O–H groups in total. The molecule has 1 aliphatic rings. The van der Waals surface area contributed by atoms with Crippen LogP contribution < -0.4 is 0 Å². The molecule has 1 saturated heterocycles. The Labute approximate surface area is 92.1 Å². The Morgan fingerprint density at radius 2 is 2.40 bits per heavy atom. The van der Waals surface area contributed by atoms with Gasteiger partial charge >= 0.3 is 5.97 Å². The molecule has 0 amide bonds. The van der Waals surface area contributed by atoms with E-state index in [1.165, 1.54) is 0 Å². The highest BCUT2D eigenvalue weighted by molar-refractivity contribution is 7.99. The van der Waals surface area contributed by atoms with Gasteiger partial charge in [-0.25, -0.2) is 9.78 Å². The minimum absolute atomic E-state index is 0.0249. The van der Waals surface area contributed by atoms with E-state index < -0.39 is 5.97 Å². The van der Waals surface area contributed by atoms with Crippen LogP contribution in [0.5, 0.6) is 0 Å². The van der Waals surface area contributed by atoms with Crippen molar-refractivity contribution < 1.29 is 14.3 Å². The standard InChI is InChI=1S/C10H13NO3S/c1-6-7(8(12)13)14-9(11-6)10(2)3-4-15-5-10/h3-5H2,1-2H3,(H,12,13). The van der Waals surface area contributed by atoms with Crippen molar-refractivity contribution in [3.8, 4) is 0 Å². The van der Waals surface area contributed by atoms with Gasteiger partial charge in [0.2, 0.25) is 11.7 Å². The van der Waals surface area contributed by atoms with Gasteiger partial charge in [0.05, 0.1) is 11.1 Å². The van der Waals surface area contributed by atoms with Gasteiger partial charge in [-0.05, 0) is 19.1 Å². The lowest BCUT2D eigenvalue weighted by Crippen LogP contribution is -2.21. The summed E-state index contributed by atoms with van der Waals surface area (Å²) in [5, 5.41) is 8.87. The third-order valence-electron chi connectivity index (χ3n) is 2.73. The summed E-state index contributed by atoms with van der Waals surface area (Å²) in [7, 11) is 0. The number of carboxylic acids is 1. The van der Waals surface area contributed by atoms with Crippen LogP contribution in [-0.2, 0) is 5.41 Å². The van der Waals surface area contributed by atoms with Gasteiger partial charge in [0.1, 0.15) is 0 Å². The number of hydrogen-bond donors (Lipinski definition) is 1. The molecule has 82 valence electrons. The quantitative estimate of drug-likeness (QED) is 0.838. The molecule has 1 aromatic heterocycles. The summed E-state index contributed by atoms with van der Waals surface area (Å²) in [6.07, 6.45) is 0.997. The number of carbonyl (C=O) groups is 1. The highest BCUT2D eigenvalue weighted by Gasteiger charge is 2.37. The summed E-state index contributed by atoms with van der Waals surface area (Å²) in [4.78, 5) is 15.0. The summed E-state index contributed by atoms with van der Waals surface area (Å²) in [6.45, 7) is 3.74. The summed E-state index contributed by atoms with van der Waals surface area (Å²) < 4.78 is 5.34. The van der Waals surface area contributed by atoms with E-state index in [1.54, 1.807) is 6.92 Å². The smallest absolute Gasteiger partial charge is 0.373 e. The molecule has 0 radical (unpaired) electrons. The van der Waals surface area contributed by atoms with Crippen LogP contribution in [0.2, 0.25) is 0 Å². The highest BCUT2D eigenvalue weighted by atomic mass is 32.2. The molecule has 1 atom stereocenters. The topological polar surface area (TPSA) is 63.3 Å². The van der Waals surface area contributed by atoms with Crippen molar-refractivity contribution in [1.29, 1.82) is 0 Å². The number of oxazole rings is 1. The number of aromatic carboxylic acids is 1. The van der Waals surface area contributed by atoms with Crippen LogP contribution in [0.4, 0.5) is 0 Å². The number of aryl methyl sites for hydroxylation is 1. The summed E-state index contributed by atoms with van der Waals surface area (Å²) >= 11 is 1.85. The number of rotatable bonds is 2. The number of hydrogen-bond acceptors (Lipinski definition) is 4. The fourth-order valence-corrected chi connectivity index (χ4v) is 3.15. The number of thioether (sulfide) groups is 1. The Balaban J connectivity index is 2.37. The van der Waals surface area contributed by atoms with E-state index in [9.17, 15) is 4.79 Å². The van der Waals surface area contributed by atoms with E-state index in [0.717, 1.165) is 17.9 Å². The van der Waals surface area contributed by atoms with Crippen LogP contribution in [0.1, 0.15) is 35.5 Å². The Morgan fingerprint density at radius 3 is 2.87 bits per heavy atom. The van der Waals surface area contributed by atoms with E-state index in [0.29, 0.717) is 11.6 Å². The molecule has 0 spiro atoms. The largest absolute Gasteiger partial charge is 0.475 e. The van der Waals surface area contributed by atoms with Crippen LogP contribution in [0, 0.1) is 6.92 Å². The van der Waals surface area contributed by atoms with Gasteiger partial charge in [-0.1, -0.05) is 6.92 Å². The second-order valence-electron chi connectivity index (χ2n) is 4.10. The van der Waals surface area contributed by atoms with Crippen molar-refractivity contribution >= 4 is 17.7 Å². The molecule has 1 aromatic rings. The normalized spacial score (nSPS) is 25.7. The average molecular weight is 227 g/mol. The molecule has 15 heavy (non-hydrogen) atoms. The first-order valence-corrected chi connectivity index (χ1v) is 5.97. The van der Waals surface area contributed by atoms with E-state index in [2.05, 4.69) is 11.9 Å². The van der Waals surface area contributed by atoms with Gasteiger partial charge < -0.3 is 9.52 Å². The number of aromatic nitrogens is 1. The molecule has 2 heterocycles. The molecule has 0 saturated carbocycles. The zero-order chi connectivity index (χ0) is 11.1. The zero-order valence-corrected chi connectivity index (χ0v) is 9.56. The van der Waals surface area contributed by atoms with Crippen LogP contribution in [0.15, 0.2) is 4.42 Å². The van der Waals surface area contributed by atoms with Gasteiger partial charge in [0.15, 0.2) is 0 Å². The summed E-state index contributed by atoms with van der Waals surface area (Å²) in [6, 6.07) is 0. The molecule has 0 aromatic carbocycles. The van der Waals surface area contributed by atoms with Gasteiger partial charge in [-0.15, -0.1) is 0 Å². The van der Waals surface area contributed by atoms with Crippen molar-refractivity contribution in [1.82, 2.24) is 4.98 Å². The minimum Gasteiger partial charge on any atom is -0.475 e. The second kappa shape index (κ2) is 3.56. The fraction of sp³-hybridized carbons (Fsp3) is 0.600. The van der Waals surface area contributed by atoms with Crippen molar-refractivity contribution in [3.05, 3.63) is 17.3 Å². The Hall–Kier alpha value is -0.970. The van der Waals surface area contributed by atoms with Gasteiger partial charge in [-0.3, -0.25) is 0 Å². The van der Waals surface area contributed by atoms with Crippen molar-refractivity contribution in [2.24, 2.45) is 0 Å². The molecule has 0 bridgehead atoms. The number of carboxylic acid groups (broad SMARTS) is 1. The Morgan fingerprint density at radius 1 is 1.67 bits per heavy atom. The summed E-state index contributed by atoms with van der Waals surface area (Å²) in [5.74, 6) is 1.54. The molecular formula is C10H13NO3S. The third-order valence-corrected chi connectivity index (χ3v) is 4.06. The predicted octanol–water partition coefficient (Wildman–Crippen LogP) is 2.08. The molecule has 1 unspecified atom stereocenters. The molecule has 1 aliphatic heterocycles. The lowest BCUT2D eigenvalue weighted by Gasteiger charge is -2.17. The Bertz CT molecular complexity index is 393. The van der Waals surface area contributed by atoms with Crippen molar-refractivity contribution in [3.63, 3.8) is 0 Å². The van der Waals surface area contributed by atoms with Gasteiger partial charge in [0.25, 0.3) is 0 Å². The lowest BCUT2D eigenvalue weighted by molar-refractivity contribution is 0.0657. The SMILES string of the molecule is Cc1nc(C2(C)CCSC2)oc1C(=O)O. The second-order valence-corrected chi connectivity index (χ2v) is 5.21. The van der Waals surface area contributed by atoms with Crippen molar-refractivity contribution in [2.45, 2.75) is 25.7 Å². The highest BCUT2D eigenvalue weighted by Crippen LogP contribution is 2.38. The van der Waals surface area contributed by atoms with E-state index >= 15 is 0 Å². The first kappa shape index (κ1) is 10.5. The number of nitrogens with zero attached hydrogens (tertiary/aromatic N) is 1. The third kappa shape index (κ3) is 1.76. The monoisotopic (exact) mass is 227 g/mol. The van der Waals surface area contributed by atoms with Gasteiger partial charge in [-0.2, -0.15) is 11.8 Å². The zero-order valence-electron chi connectivity index (χ0n) is 8.74. The molecule has 0 aliphatic carbocycles. The molecular weight excluding hydrogens is 214 g/mol. The van der Waals surface area contributed by atoms with E-state index in [4.69, 9.17) is 9.52 Å². The van der Waals surface area contributed by atoms with Crippen LogP contribution in [0.25, 0.3) is 0 Å². The maximum absolute atomic E-state index is 10.8. The minimum atomic E-state index is -1.04. The summed E-state index contributed by atoms with van der Waals surface area (Å²) in [5.41, 5.74) is 0.374. The first-order valence-electron chi connectivity index (χ1n) is 4.82. The van der Waals surface area contributed by atoms with Crippen LogP contribution >= 0.6 is 11.8 Å².